The normalized spacial score (nSPS) is 29.4. The topological polar surface area (TPSA) is 70.3 Å². The average molecular weight is 451 g/mol. The fourth-order valence-electron chi connectivity index (χ4n) is 5.74. The van der Waals surface area contributed by atoms with Gasteiger partial charge >= 0.3 is 0 Å². The second-order valence-corrected chi connectivity index (χ2v) is 10.2. The molecule has 2 aliphatic heterocycles. The molecular formula is C25H31FN6O. The maximum atomic E-state index is 15.8. The quantitative estimate of drug-likeness (QED) is 0.648. The van der Waals surface area contributed by atoms with E-state index in [0.717, 1.165) is 30.8 Å². The van der Waals surface area contributed by atoms with Gasteiger partial charge in [0.2, 0.25) is 0 Å². The smallest absolute Gasteiger partial charge is 0.151 e. The molecule has 1 saturated carbocycles. The Hall–Kier alpha value is -3.00. The molecule has 0 radical (unpaired) electrons. The van der Waals surface area contributed by atoms with E-state index in [2.05, 4.69) is 27.0 Å². The Labute approximate surface area is 193 Å². The third-order valence-corrected chi connectivity index (χ3v) is 7.95. The molecule has 1 aromatic carbocycles. The maximum Gasteiger partial charge on any atom is 0.151 e. The number of phenols is 1. The molecule has 2 aromatic heterocycles. The number of fused-ring (bicyclic) bond motifs is 3. The molecule has 0 amide bonds. The van der Waals surface area contributed by atoms with Gasteiger partial charge in [-0.05, 0) is 58.0 Å². The highest BCUT2D eigenvalue weighted by Crippen LogP contribution is 2.52. The van der Waals surface area contributed by atoms with Gasteiger partial charge in [0, 0.05) is 36.8 Å². The van der Waals surface area contributed by atoms with Crippen LogP contribution in [0.4, 0.5) is 10.2 Å². The lowest BCUT2D eigenvalue weighted by molar-refractivity contribution is -0.123. The molecule has 0 spiro atoms. The van der Waals surface area contributed by atoms with Crippen LogP contribution < -0.4 is 4.90 Å². The SMILES string of the molecule is Cc1cn(-c2ccc(-c3ccc(N(C)C4C(F)[C@]5(C)CCC4(C)CN5C)nn3)c(O)c2)cn1. The summed E-state index contributed by atoms with van der Waals surface area (Å²) in [5.74, 6) is 0.752. The second-order valence-electron chi connectivity index (χ2n) is 10.2. The van der Waals surface area contributed by atoms with Crippen molar-refractivity contribution in [2.45, 2.75) is 51.4 Å². The predicted molar refractivity (Wildman–Crippen MR) is 126 cm³/mol. The van der Waals surface area contributed by atoms with Crippen molar-refractivity contribution in [1.29, 1.82) is 0 Å². The summed E-state index contributed by atoms with van der Waals surface area (Å²) in [6, 6.07) is 8.84. The number of alkyl halides is 1. The molecule has 1 aliphatic carbocycles. The first kappa shape index (κ1) is 21.8. The lowest BCUT2D eigenvalue weighted by atomic mass is 9.59. The fourth-order valence-corrected chi connectivity index (χ4v) is 5.74. The van der Waals surface area contributed by atoms with Crippen LogP contribution in [0.5, 0.6) is 5.75 Å². The van der Waals surface area contributed by atoms with Gasteiger partial charge in [0.1, 0.15) is 11.9 Å². The molecule has 8 heteroatoms. The number of aryl methyl sites for hydroxylation is 1. The third kappa shape index (κ3) is 3.39. The molecular weight excluding hydrogens is 419 g/mol. The maximum absolute atomic E-state index is 15.8. The van der Waals surface area contributed by atoms with Crippen molar-refractivity contribution in [2.75, 3.05) is 25.5 Å². The molecule has 174 valence electrons. The molecule has 33 heavy (non-hydrogen) atoms. The van der Waals surface area contributed by atoms with E-state index in [1.807, 2.05) is 67.9 Å². The summed E-state index contributed by atoms with van der Waals surface area (Å²) in [5, 5.41) is 19.4. The Balaban J connectivity index is 1.40. The lowest BCUT2D eigenvalue weighted by Crippen LogP contribution is -2.74. The Morgan fingerprint density at radius 2 is 1.94 bits per heavy atom. The van der Waals surface area contributed by atoms with Gasteiger partial charge in [-0.1, -0.05) is 6.92 Å². The van der Waals surface area contributed by atoms with Gasteiger partial charge in [0.05, 0.1) is 35.0 Å². The van der Waals surface area contributed by atoms with E-state index in [1.54, 1.807) is 12.4 Å². The van der Waals surface area contributed by atoms with E-state index in [0.29, 0.717) is 17.1 Å². The summed E-state index contributed by atoms with van der Waals surface area (Å²) in [6.45, 7) is 6.99. The number of halogens is 1. The second kappa shape index (κ2) is 7.52. The predicted octanol–water partition coefficient (Wildman–Crippen LogP) is 3.99. The highest BCUT2D eigenvalue weighted by molar-refractivity contribution is 5.69. The highest BCUT2D eigenvalue weighted by Gasteiger charge is 2.61. The minimum absolute atomic E-state index is 0.117. The van der Waals surface area contributed by atoms with Crippen LogP contribution in [0.3, 0.4) is 0 Å². The number of hydrogen-bond donors (Lipinski definition) is 1. The number of hydrogen-bond acceptors (Lipinski definition) is 6. The first-order valence-corrected chi connectivity index (χ1v) is 11.4. The Morgan fingerprint density at radius 3 is 2.55 bits per heavy atom. The van der Waals surface area contributed by atoms with Crippen LogP contribution in [0.2, 0.25) is 0 Å². The van der Waals surface area contributed by atoms with Crippen LogP contribution in [0.25, 0.3) is 16.9 Å². The number of rotatable bonds is 4. The minimum atomic E-state index is -0.982. The third-order valence-electron chi connectivity index (χ3n) is 7.95. The Morgan fingerprint density at radius 1 is 1.15 bits per heavy atom. The van der Waals surface area contributed by atoms with Crippen molar-refractivity contribution in [1.82, 2.24) is 24.6 Å². The number of aromatic hydroxyl groups is 1. The van der Waals surface area contributed by atoms with Crippen LogP contribution in [0, 0.1) is 12.3 Å². The highest BCUT2D eigenvalue weighted by atomic mass is 19.1. The molecule has 2 bridgehead atoms. The zero-order valence-corrected chi connectivity index (χ0v) is 19.8. The number of aromatic nitrogens is 4. The van der Waals surface area contributed by atoms with Crippen molar-refractivity contribution >= 4 is 5.82 Å². The van der Waals surface area contributed by atoms with Crippen molar-refractivity contribution in [3.8, 4) is 22.7 Å². The zero-order valence-electron chi connectivity index (χ0n) is 19.8. The molecule has 1 N–H and O–H groups in total. The van der Waals surface area contributed by atoms with Gasteiger partial charge in [0.15, 0.2) is 5.82 Å². The zero-order chi connectivity index (χ0) is 23.5. The van der Waals surface area contributed by atoms with E-state index in [1.165, 1.54) is 0 Å². The summed E-state index contributed by atoms with van der Waals surface area (Å²) in [5.41, 5.74) is 2.28. The number of imidazole rings is 1. The molecule has 7 nitrogen and oxygen atoms in total. The molecule has 3 fully saturated rings. The van der Waals surface area contributed by atoms with Crippen LogP contribution >= 0.6 is 0 Å². The standard InChI is InChI=1S/C25H31FN6O/c1-16-13-32(15-27-16)17-6-7-18(20(33)12-17)19-8-9-21(29-28-19)31(5)23-22(26)25(3)11-10-24(23,2)14-30(25)4/h6-9,12-13,15,22-23,33H,10-11,14H2,1-5H3/t22?,23?,24?,25-/m0/s1. The minimum Gasteiger partial charge on any atom is -0.507 e. The van der Waals surface area contributed by atoms with Gasteiger partial charge in [-0.2, -0.15) is 0 Å². The van der Waals surface area contributed by atoms with E-state index >= 15 is 4.39 Å². The van der Waals surface area contributed by atoms with Gasteiger partial charge in [-0.25, -0.2) is 9.37 Å². The Bertz CT molecular complexity index is 1180. The molecule has 4 atom stereocenters. The average Bonchev–Trinajstić information content (AvgIpc) is 3.22. The first-order valence-electron chi connectivity index (χ1n) is 11.4. The van der Waals surface area contributed by atoms with E-state index in [9.17, 15) is 5.11 Å². The van der Waals surface area contributed by atoms with Crippen LogP contribution in [0.1, 0.15) is 32.4 Å². The van der Waals surface area contributed by atoms with Crippen molar-refractivity contribution in [2.24, 2.45) is 5.41 Å². The molecule has 6 rings (SSSR count). The summed E-state index contributed by atoms with van der Waals surface area (Å²) in [6.07, 6.45) is 4.48. The van der Waals surface area contributed by atoms with Crippen molar-refractivity contribution in [3.05, 3.63) is 48.5 Å². The number of phenolic OH excluding ortho intramolecular Hbond substituents is 1. The Kier molecular flexibility index (Phi) is 4.97. The molecule has 3 aliphatic rings. The van der Waals surface area contributed by atoms with Crippen LogP contribution in [0.15, 0.2) is 42.9 Å². The fraction of sp³-hybridized carbons (Fsp3) is 0.480. The molecule has 3 unspecified atom stereocenters. The van der Waals surface area contributed by atoms with Gasteiger partial charge in [-0.3, -0.25) is 4.90 Å². The summed E-state index contributed by atoms with van der Waals surface area (Å²) in [7, 11) is 3.94. The van der Waals surface area contributed by atoms with Gasteiger partial charge in [-0.15, -0.1) is 10.2 Å². The number of anilines is 1. The van der Waals surface area contributed by atoms with Crippen LogP contribution in [-0.2, 0) is 0 Å². The summed E-state index contributed by atoms with van der Waals surface area (Å²) >= 11 is 0. The van der Waals surface area contributed by atoms with Gasteiger partial charge < -0.3 is 14.6 Å². The number of benzene rings is 1. The molecule has 2 saturated heterocycles. The van der Waals surface area contributed by atoms with Crippen LogP contribution in [-0.4, -0.2) is 68.1 Å². The van der Waals surface area contributed by atoms with Crippen molar-refractivity contribution in [3.63, 3.8) is 0 Å². The largest absolute Gasteiger partial charge is 0.507 e. The summed E-state index contributed by atoms with van der Waals surface area (Å²) in [4.78, 5) is 8.36. The number of nitrogens with zero attached hydrogens (tertiary/aromatic N) is 6. The van der Waals surface area contributed by atoms with Gasteiger partial charge in [0.25, 0.3) is 0 Å². The van der Waals surface area contributed by atoms with E-state index < -0.39 is 11.7 Å². The van der Waals surface area contributed by atoms with E-state index in [4.69, 9.17) is 0 Å². The van der Waals surface area contributed by atoms with E-state index in [-0.39, 0.29) is 17.2 Å². The molecule has 4 heterocycles. The monoisotopic (exact) mass is 450 g/mol. The summed E-state index contributed by atoms with van der Waals surface area (Å²) < 4.78 is 17.6. The van der Waals surface area contributed by atoms with Crippen molar-refractivity contribution < 1.29 is 9.50 Å². The first-order chi connectivity index (χ1) is 15.6. The number of piperidine rings is 2. The molecule has 3 aromatic rings. The lowest BCUT2D eigenvalue weighted by Gasteiger charge is -2.63.